The van der Waals surface area contributed by atoms with Crippen LogP contribution in [0.25, 0.3) is 0 Å². The van der Waals surface area contributed by atoms with Gasteiger partial charge in [0.25, 0.3) is 0 Å². The highest BCUT2D eigenvalue weighted by Crippen LogP contribution is 2.13. The van der Waals surface area contributed by atoms with Gasteiger partial charge in [-0.15, -0.1) is 0 Å². The van der Waals surface area contributed by atoms with Crippen LogP contribution in [-0.2, 0) is 19.1 Å². The molecule has 0 heterocycles. The monoisotopic (exact) mass is 484 g/mol. The quantitative estimate of drug-likeness (QED) is 0.0802. The van der Waals surface area contributed by atoms with Gasteiger partial charge in [-0.25, -0.2) is 0 Å². The Balaban J connectivity index is 3.59. The molecule has 0 saturated carbocycles. The molecule has 2 atom stereocenters. The minimum atomic E-state index is -0.595. The van der Waals surface area contributed by atoms with Gasteiger partial charge in [0.2, 0.25) is 0 Å². The number of carbonyl (C=O) groups excluding carboxylic acids is 2. The standard InChI is InChI=1S/C28H56N2O4/c1-3-5-7-9-11-13-15-17-19-21-25(29)33-27(31)23-24-28(32)34-26(30)22-20-18-16-14-12-10-8-6-4-2/h25-26H,3-24,29-30H2,1-2H3. The van der Waals surface area contributed by atoms with Gasteiger partial charge in [0.1, 0.15) is 0 Å². The summed E-state index contributed by atoms with van der Waals surface area (Å²) in [5.41, 5.74) is 11.8. The fraction of sp³-hybridized carbons (Fsp3) is 0.929. The SMILES string of the molecule is CCCCCCCCCCCC(N)OC(=O)CCC(=O)OC(N)CCCCCCCCCCC. The predicted octanol–water partition coefficient (Wildman–Crippen LogP) is 7.26. The summed E-state index contributed by atoms with van der Waals surface area (Å²) in [6.45, 7) is 4.47. The van der Waals surface area contributed by atoms with Crippen LogP contribution in [0.5, 0.6) is 0 Å². The Bertz CT molecular complexity index is 431. The van der Waals surface area contributed by atoms with Crippen molar-refractivity contribution < 1.29 is 19.1 Å². The van der Waals surface area contributed by atoms with E-state index < -0.39 is 24.4 Å². The van der Waals surface area contributed by atoms with Crippen LogP contribution in [0.15, 0.2) is 0 Å². The van der Waals surface area contributed by atoms with Gasteiger partial charge in [0, 0.05) is 0 Å². The highest BCUT2D eigenvalue weighted by Gasteiger charge is 2.15. The van der Waals surface area contributed by atoms with Crippen molar-refractivity contribution in [1.29, 1.82) is 0 Å². The van der Waals surface area contributed by atoms with Crippen LogP contribution in [0.3, 0.4) is 0 Å². The number of unbranched alkanes of at least 4 members (excludes halogenated alkanes) is 16. The third-order valence-corrected chi connectivity index (χ3v) is 6.28. The number of rotatable bonds is 25. The van der Waals surface area contributed by atoms with Crippen molar-refractivity contribution in [2.75, 3.05) is 0 Å². The molecule has 0 aromatic rings. The molecule has 0 rings (SSSR count). The summed E-state index contributed by atoms with van der Waals surface area (Å²) in [5.74, 6) is -0.902. The van der Waals surface area contributed by atoms with E-state index in [2.05, 4.69) is 13.8 Å². The molecule has 0 amide bonds. The molecule has 0 aromatic carbocycles. The maximum Gasteiger partial charge on any atom is 0.307 e. The zero-order chi connectivity index (χ0) is 25.3. The molecule has 0 bridgehead atoms. The van der Waals surface area contributed by atoms with Gasteiger partial charge in [-0.3, -0.25) is 21.1 Å². The van der Waals surface area contributed by atoms with Gasteiger partial charge in [0.05, 0.1) is 12.8 Å². The van der Waals surface area contributed by atoms with Gasteiger partial charge >= 0.3 is 11.9 Å². The van der Waals surface area contributed by atoms with E-state index >= 15 is 0 Å². The van der Waals surface area contributed by atoms with E-state index in [4.69, 9.17) is 20.9 Å². The molecule has 4 N–H and O–H groups in total. The third-order valence-electron chi connectivity index (χ3n) is 6.28. The Labute approximate surface area is 210 Å². The number of esters is 2. The molecule has 0 aliphatic rings. The summed E-state index contributed by atoms with van der Waals surface area (Å²) < 4.78 is 10.4. The van der Waals surface area contributed by atoms with Crippen molar-refractivity contribution in [2.24, 2.45) is 11.5 Å². The second kappa shape index (κ2) is 25.0. The van der Waals surface area contributed by atoms with Crippen molar-refractivity contribution in [1.82, 2.24) is 0 Å². The molecule has 202 valence electrons. The fourth-order valence-electron chi connectivity index (χ4n) is 4.09. The van der Waals surface area contributed by atoms with Crippen molar-refractivity contribution >= 4 is 11.9 Å². The average Bonchev–Trinajstić information content (AvgIpc) is 2.80. The zero-order valence-electron chi connectivity index (χ0n) is 22.5. The molecule has 34 heavy (non-hydrogen) atoms. The van der Waals surface area contributed by atoms with Crippen LogP contribution < -0.4 is 11.5 Å². The van der Waals surface area contributed by atoms with E-state index in [1.165, 1.54) is 89.9 Å². The van der Waals surface area contributed by atoms with Gasteiger partial charge in [-0.1, -0.05) is 117 Å². The van der Waals surface area contributed by atoms with Crippen LogP contribution in [0, 0.1) is 0 Å². The summed E-state index contributed by atoms with van der Waals surface area (Å²) in [5, 5.41) is 0. The second-order valence-corrected chi connectivity index (χ2v) is 9.79. The van der Waals surface area contributed by atoms with E-state index in [0.717, 1.165) is 25.7 Å². The first kappa shape index (κ1) is 32.9. The average molecular weight is 485 g/mol. The lowest BCUT2D eigenvalue weighted by molar-refractivity contribution is -0.156. The number of hydrogen-bond acceptors (Lipinski definition) is 6. The second-order valence-electron chi connectivity index (χ2n) is 9.79. The molecule has 0 aliphatic heterocycles. The minimum Gasteiger partial charge on any atom is -0.447 e. The van der Waals surface area contributed by atoms with Gasteiger partial charge in [-0.05, 0) is 25.7 Å². The summed E-state index contributed by atoms with van der Waals surface area (Å²) in [6, 6.07) is 0. The van der Waals surface area contributed by atoms with Crippen LogP contribution in [0.2, 0.25) is 0 Å². The highest BCUT2D eigenvalue weighted by atomic mass is 16.6. The summed E-state index contributed by atoms with van der Waals surface area (Å²) in [6.07, 6.45) is 22.4. The van der Waals surface area contributed by atoms with Crippen LogP contribution in [0.4, 0.5) is 0 Å². The maximum absolute atomic E-state index is 11.9. The summed E-state index contributed by atoms with van der Waals surface area (Å²) in [7, 11) is 0. The normalized spacial score (nSPS) is 12.9. The number of nitrogens with two attached hydrogens (primary N) is 2. The first-order valence-corrected chi connectivity index (χ1v) is 14.4. The molecule has 0 aliphatic carbocycles. The van der Waals surface area contributed by atoms with Gasteiger partial charge in [0.15, 0.2) is 12.5 Å². The highest BCUT2D eigenvalue weighted by molar-refractivity contribution is 5.77. The minimum absolute atomic E-state index is 0.0188. The van der Waals surface area contributed by atoms with Crippen LogP contribution in [0.1, 0.15) is 155 Å². The number of carbonyl (C=O) groups is 2. The maximum atomic E-state index is 11.9. The smallest absolute Gasteiger partial charge is 0.307 e. The molecule has 0 aromatic heterocycles. The molecule has 0 spiro atoms. The molecule has 0 fully saturated rings. The van der Waals surface area contributed by atoms with Crippen LogP contribution >= 0.6 is 0 Å². The molecule has 0 saturated heterocycles. The van der Waals surface area contributed by atoms with E-state index in [1.54, 1.807) is 0 Å². The first-order chi connectivity index (χ1) is 16.5. The van der Waals surface area contributed by atoms with E-state index in [9.17, 15) is 9.59 Å². The third kappa shape index (κ3) is 24.0. The Morgan fingerprint density at radius 1 is 0.500 bits per heavy atom. The fourth-order valence-corrected chi connectivity index (χ4v) is 4.09. The van der Waals surface area contributed by atoms with E-state index in [1.807, 2.05) is 0 Å². The first-order valence-electron chi connectivity index (χ1n) is 14.4. The molecule has 0 radical (unpaired) electrons. The lowest BCUT2D eigenvalue weighted by atomic mass is 10.1. The lowest BCUT2D eigenvalue weighted by Gasteiger charge is -2.14. The molecule has 6 nitrogen and oxygen atoms in total. The number of ether oxygens (including phenoxy) is 2. The molecule has 6 heteroatoms. The predicted molar refractivity (Wildman–Crippen MR) is 141 cm³/mol. The van der Waals surface area contributed by atoms with Crippen LogP contribution in [-0.4, -0.2) is 24.4 Å². The Morgan fingerprint density at radius 2 is 0.765 bits per heavy atom. The molecular weight excluding hydrogens is 428 g/mol. The lowest BCUT2D eigenvalue weighted by Crippen LogP contribution is -2.29. The van der Waals surface area contributed by atoms with Crippen molar-refractivity contribution in [3.05, 3.63) is 0 Å². The Morgan fingerprint density at radius 3 is 1.06 bits per heavy atom. The summed E-state index contributed by atoms with van der Waals surface area (Å²) in [4.78, 5) is 23.8. The van der Waals surface area contributed by atoms with E-state index in [0.29, 0.717) is 12.8 Å². The van der Waals surface area contributed by atoms with Gasteiger partial charge in [-0.2, -0.15) is 0 Å². The van der Waals surface area contributed by atoms with E-state index in [-0.39, 0.29) is 12.8 Å². The van der Waals surface area contributed by atoms with Crippen molar-refractivity contribution in [3.63, 3.8) is 0 Å². The van der Waals surface area contributed by atoms with Gasteiger partial charge < -0.3 is 9.47 Å². The Hall–Kier alpha value is -1.14. The zero-order valence-corrected chi connectivity index (χ0v) is 22.5. The van der Waals surface area contributed by atoms with Crippen molar-refractivity contribution in [3.8, 4) is 0 Å². The largest absolute Gasteiger partial charge is 0.447 e. The molecular formula is C28H56N2O4. The summed E-state index contributed by atoms with van der Waals surface area (Å²) >= 11 is 0. The van der Waals surface area contributed by atoms with Crippen molar-refractivity contribution in [2.45, 2.75) is 168 Å². The number of hydrogen-bond donors (Lipinski definition) is 2. The topological polar surface area (TPSA) is 105 Å². The molecule has 2 unspecified atom stereocenters. The Kier molecular flexibility index (Phi) is 24.1.